The van der Waals surface area contributed by atoms with E-state index in [2.05, 4.69) is 12.1 Å². The molecule has 2 rings (SSSR count). The third kappa shape index (κ3) is 2.70. The Balaban J connectivity index is 1.67. The van der Waals surface area contributed by atoms with Gasteiger partial charge in [-0.25, -0.2) is 0 Å². The van der Waals surface area contributed by atoms with Gasteiger partial charge >= 0.3 is 0 Å². The van der Waals surface area contributed by atoms with E-state index in [0.717, 1.165) is 25.5 Å². The lowest BCUT2D eigenvalue weighted by atomic mass is 9.68. The van der Waals surface area contributed by atoms with Crippen LogP contribution >= 0.6 is 0 Å². The minimum atomic E-state index is -0.0450. The molecule has 1 aromatic carbocycles. The van der Waals surface area contributed by atoms with Crippen LogP contribution in [0.3, 0.4) is 0 Å². The molecule has 1 fully saturated rings. The smallest absolute Gasteiger partial charge is 0.126 e. The molecule has 86 valence electrons. The zero-order chi connectivity index (χ0) is 11.3. The minimum Gasteiger partial charge on any atom is -0.377 e. The van der Waals surface area contributed by atoms with E-state index >= 15 is 0 Å². The summed E-state index contributed by atoms with van der Waals surface area (Å²) in [5.41, 5.74) is 1.15. The molecule has 0 aliphatic heterocycles. The second-order valence-electron chi connectivity index (χ2n) is 4.62. The van der Waals surface area contributed by atoms with E-state index in [0.29, 0.717) is 13.2 Å². The largest absolute Gasteiger partial charge is 0.377 e. The van der Waals surface area contributed by atoms with E-state index < -0.39 is 0 Å². The maximum Gasteiger partial charge on any atom is 0.126 e. The molecule has 2 nitrogen and oxygen atoms in total. The van der Waals surface area contributed by atoms with Crippen molar-refractivity contribution >= 4 is 6.29 Å². The molecule has 0 radical (unpaired) electrons. The second-order valence-corrected chi connectivity index (χ2v) is 4.62. The van der Waals surface area contributed by atoms with Crippen LogP contribution in [0.5, 0.6) is 0 Å². The number of rotatable bonds is 6. The topological polar surface area (TPSA) is 26.3 Å². The van der Waals surface area contributed by atoms with Crippen LogP contribution in [0.1, 0.15) is 31.2 Å². The first-order valence-corrected chi connectivity index (χ1v) is 5.93. The van der Waals surface area contributed by atoms with Gasteiger partial charge in [0.1, 0.15) is 6.29 Å². The van der Waals surface area contributed by atoms with E-state index in [1.165, 1.54) is 12.0 Å². The van der Waals surface area contributed by atoms with Gasteiger partial charge in [0.2, 0.25) is 0 Å². The Morgan fingerprint density at radius 3 is 2.56 bits per heavy atom. The molecule has 0 heterocycles. The van der Waals surface area contributed by atoms with Gasteiger partial charge in [-0.15, -0.1) is 0 Å². The molecule has 0 unspecified atom stereocenters. The van der Waals surface area contributed by atoms with Crippen LogP contribution in [0.4, 0.5) is 0 Å². The van der Waals surface area contributed by atoms with Gasteiger partial charge in [-0.05, 0) is 24.8 Å². The van der Waals surface area contributed by atoms with Crippen molar-refractivity contribution in [2.45, 2.75) is 32.3 Å². The number of carbonyl (C=O) groups excluding carboxylic acids is 1. The maximum atomic E-state index is 10.9. The van der Waals surface area contributed by atoms with Crippen molar-refractivity contribution in [3.8, 4) is 0 Å². The number of aldehydes is 1. The molecule has 0 bridgehead atoms. The van der Waals surface area contributed by atoms with E-state index in [-0.39, 0.29) is 5.41 Å². The van der Waals surface area contributed by atoms with Gasteiger partial charge in [0.05, 0.1) is 6.61 Å². The molecule has 2 heteroatoms. The summed E-state index contributed by atoms with van der Waals surface area (Å²) in [5.74, 6) is 0. The van der Waals surface area contributed by atoms with E-state index in [9.17, 15) is 4.79 Å². The van der Waals surface area contributed by atoms with Crippen LogP contribution in [0.15, 0.2) is 30.3 Å². The molecule has 0 amide bonds. The Labute approximate surface area is 96.6 Å². The van der Waals surface area contributed by atoms with Crippen LogP contribution < -0.4 is 0 Å². The fraction of sp³-hybridized carbons (Fsp3) is 0.500. The highest BCUT2D eigenvalue weighted by Crippen LogP contribution is 2.41. The second kappa shape index (κ2) is 5.26. The van der Waals surface area contributed by atoms with Crippen molar-refractivity contribution in [3.05, 3.63) is 35.9 Å². The van der Waals surface area contributed by atoms with Crippen LogP contribution in [-0.4, -0.2) is 12.9 Å². The maximum absolute atomic E-state index is 10.9. The third-order valence-corrected chi connectivity index (χ3v) is 3.46. The Bertz CT molecular complexity index is 328. The van der Waals surface area contributed by atoms with Crippen LogP contribution in [-0.2, 0) is 16.1 Å². The van der Waals surface area contributed by atoms with Crippen LogP contribution in [0.2, 0.25) is 0 Å². The number of hydrogen-bond acceptors (Lipinski definition) is 2. The summed E-state index contributed by atoms with van der Waals surface area (Å²) in [6, 6.07) is 10.1. The lowest BCUT2D eigenvalue weighted by Crippen LogP contribution is -2.32. The van der Waals surface area contributed by atoms with Gasteiger partial charge in [-0.2, -0.15) is 0 Å². The van der Waals surface area contributed by atoms with Crippen molar-refractivity contribution in [1.29, 1.82) is 0 Å². The molecular weight excluding hydrogens is 200 g/mol. The highest BCUT2D eigenvalue weighted by molar-refractivity contribution is 5.60. The zero-order valence-corrected chi connectivity index (χ0v) is 9.52. The van der Waals surface area contributed by atoms with Gasteiger partial charge in [-0.1, -0.05) is 36.8 Å². The van der Waals surface area contributed by atoms with Crippen molar-refractivity contribution in [2.75, 3.05) is 6.61 Å². The Morgan fingerprint density at radius 1 is 1.25 bits per heavy atom. The normalized spacial score (nSPS) is 17.8. The van der Waals surface area contributed by atoms with Gasteiger partial charge in [-0.3, -0.25) is 0 Å². The lowest BCUT2D eigenvalue weighted by molar-refractivity contribution is -0.122. The quantitative estimate of drug-likeness (QED) is 0.542. The first-order valence-electron chi connectivity index (χ1n) is 5.93. The summed E-state index contributed by atoms with van der Waals surface area (Å²) >= 11 is 0. The monoisotopic (exact) mass is 218 g/mol. The van der Waals surface area contributed by atoms with Crippen LogP contribution in [0.25, 0.3) is 0 Å². The predicted octanol–water partition coefficient (Wildman–Crippen LogP) is 2.96. The van der Waals surface area contributed by atoms with E-state index in [1.807, 2.05) is 18.2 Å². The lowest BCUT2D eigenvalue weighted by Gasteiger charge is -2.36. The van der Waals surface area contributed by atoms with E-state index in [4.69, 9.17) is 4.74 Å². The molecule has 0 aromatic heterocycles. The fourth-order valence-corrected chi connectivity index (χ4v) is 2.10. The standard InChI is InChI=1S/C14H18O2/c15-12-14(7-4-8-14)9-10-16-11-13-5-2-1-3-6-13/h1-3,5-6,12H,4,7-11H2. The average molecular weight is 218 g/mol. The molecule has 1 saturated carbocycles. The SMILES string of the molecule is O=CC1(CCOCc2ccccc2)CCC1. The molecule has 16 heavy (non-hydrogen) atoms. The van der Waals surface area contributed by atoms with Crippen LogP contribution in [0, 0.1) is 5.41 Å². The van der Waals surface area contributed by atoms with Gasteiger partial charge < -0.3 is 9.53 Å². The van der Waals surface area contributed by atoms with Crippen molar-refractivity contribution < 1.29 is 9.53 Å². The van der Waals surface area contributed by atoms with Gasteiger partial charge in [0, 0.05) is 12.0 Å². The van der Waals surface area contributed by atoms with Gasteiger partial charge in [0.15, 0.2) is 0 Å². The highest BCUT2D eigenvalue weighted by Gasteiger charge is 2.36. The summed E-state index contributed by atoms with van der Waals surface area (Å²) in [6.45, 7) is 1.34. The number of carbonyl (C=O) groups is 1. The molecule has 1 aliphatic carbocycles. The highest BCUT2D eigenvalue weighted by atomic mass is 16.5. The average Bonchev–Trinajstić information content (AvgIpc) is 2.29. The zero-order valence-electron chi connectivity index (χ0n) is 9.52. The fourth-order valence-electron chi connectivity index (χ4n) is 2.10. The summed E-state index contributed by atoms with van der Waals surface area (Å²) in [6.07, 6.45) is 5.29. The summed E-state index contributed by atoms with van der Waals surface area (Å²) in [7, 11) is 0. The molecule has 0 atom stereocenters. The predicted molar refractivity (Wildman–Crippen MR) is 63.1 cm³/mol. The molecule has 0 saturated heterocycles. The number of hydrogen-bond donors (Lipinski definition) is 0. The van der Waals surface area contributed by atoms with Crippen molar-refractivity contribution in [3.63, 3.8) is 0 Å². The van der Waals surface area contributed by atoms with Crippen molar-refractivity contribution in [2.24, 2.45) is 5.41 Å². The first-order chi connectivity index (χ1) is 7.85. The number of ether oxygens (including phenoxy) is 1. The number of benzene rings is 1. The molecule has 0 spiro atoms. The first kappa shape index (κ1) is 11.3. The Hall–Kier alpha value is -1.15. The summed E-state index contributed by atoms with van der Waals surface area (Å²) in [5, 5.41) is 0. The third-order valence-electron chi connectivity index (χ3n) is 3.46. The molecule has 1 aliphatic rings. The molecular formula is C14H18O2. The minimum absolute atomic E-state index is 0.0450. The molecule has 1 aromatic rings. The van der Waals surface area contributed by atoms with E-state index in [1.54, 1.807) is 0 Å². The Kier molecular flexibility index (Phi) is 3.73. The summed E-state index contributed by atoms with van der Waals surface area (Å²) in [4.78, 5) is 10.9. The van der Waals surface area contributed by atoms with Crippen molar-refractivity contribution in [1.82, 2.24) is 0 Å². The van der Waals surface area contributed by atoms with Gasteiger partial charge in [0.25, 0.3) is 0 Å². The Morgan fingerprint density at radius 2 is 2.00 bits per heavy atom. The molecule has 0 N–H and O–H groups in total. The summed E-state index contributed by atoms with van der Waals surface area (Å²) < 4.78 is 5.59.